The normalized spacial score (nSPS) is 28.4. The average Bonchev–Trinajstić information content (AvgIpc) is 3.76. The molecule has 0 amide bonds. The zero-order valence-electron chi connectivity index (χ0n) is 27.1. The van der Waals surface area contributed by atoms with Crippen molar-refractivity contribution in [2.75, 3.05) is 26.5 Å². The van der Waals surface area contributed by atoms with E-state index in [1.165, 1.54) is 82.6 Å². The van der Waals surface area contributed by atoms with Gasteiger partial charge in [0.05, 0.1) is 17.6 Å². The summed E-state index contributed by atoms with van der Waals surface area (Å²) in [6.45, 7) is 8.84. The van der Waals surface area contributed by atoms with Crippen molar-refractivity contribution < 1.29 is 28.8 Å². The van der Waals surface area contributed by atoms with Crippen LogP contribution in [-0.4, -0.2) is 60.4 Å². The van der Waals surface area contributed by atoms with E-state index in [0.29, 0.717) is 18.1 Å². The van der Waals surface area contributed by atoms with Crippen LogP contribution in [0.4, 0.5) is 4.79 Å². The van der Waals surface area contributed by atoms with E-state index < -0.39 is 17.2 Å². The molecule has 7 nitrogen and oxygen atoms in total. The summed E-state index contributed by atoms with van der Waals surface area (Å²) in [7, 11) is 0. The summed E-state index contributed by atoms with van der Waals surface area (Å²) in [5, 5.41) is 12.5. The summed E-state index contributed by atoms with van der Waals surface area (Å²) in [6.07, 6.45) is 20.0. The van der Waals surface area contributed by atoms with Gasteiger partial charge in [-0.1, -0.05) is 90.2 Å². The molecule has 2 aliphatic heterocycles. The molecule has 0 radical (unpaired) electrons. The Labute approximate surface area is 264 Å². The molecule has 1 spiro atoms. The molecule has 1 aromatic rings. The lowest BCUT2D eigenvalue weighted by Gasteiger charge is -2.63. The maximum atomic E-state index is 12.5. The van der Waals surface area contributed by atoms with E-state index in [9.17, 15) is 9.90 Å². The third-order valence-electron chi connectivity index (χ3n) is 11.3. The zero-order valence-corrected chi connectivity index (χ0v) is 27.1. The van der Waals surface area contributed by atoms with Crippen LogP contribution in [0.15, 0.2) is 24.3 Å². The van der Waals surface area contributed by atoms with Gasteiger partial charge in [0.15, 0.2) is 11.5 Å². The second kappa shape index (κ2) is 14.0. The molecule has 1 unspecified atom stereocenters. The van der Waals surface area contributed by atoms with E-state index in [1.807, 2.05) is 6.07 Å². The van der Waals surface area contributed by atoms with E-state index in [1.54, 1.807) is 0 Å². The molecule has 7 heteroatoms. The van der Waals surface area contributed by atoms with Gasteiger partial charge in [0.1, 0.15) is 6.10 Å². The summed E-state index contributed by atoms with van der Waals surface area (Å²) in [5.74, 6) is 2.03. The minimum atomic E-state index is -0.850. The van der Waals surface area contributed by atoms with Gasteiger partial charge in [-0.2, -0.15) is 0 Å². The fourth-order valence-electron chi connectivity index (χ4n) is 8.78. The van der Waals surface area contributed by atoms with Gasteiger partial charge >= 0.3 is 6.16 Å². The third kappa shape index (κ3) is 6.25. The van der Waals surface area contributed by atoms with Crippen LogP contribution in [0.25, 0.3) is 0 Å². The van der Waals surface area contributed by atoms with Crippen LogP contribution in [0.1, 0.15) is 127 Å². The predicted molar refractivity (Wildman–Crippen MR) is 171 cm³/mol. The fraction of sp³-hybridized carbons (Fsp3) is 0.757. The van der Waals surface area contributed by atoms with Crippen LogP contribution >= 0.6 is 0 Å². The molecule has 2 saturated carbocycles. The van der Waals surface area contributed by atoms with Crippen LogP contribution < -0.4 is 9.47 Å². The first-order valence-electron chi connectivity index (χ1n) is 17.9. The summed E-state index contributed by atoms with van der Waals surface area (Å²) in [5.41, 5.74) is 2.04. The van der Waals surface area contributed by atoms with E-state index in [-0.39, 0.29) is 18.9 Å². The second-order valence-corrected chi connectivity index (χ2v) is 14.3. The predicted octanol–water partition coefficient (Wildman–Crippen LogP) is 8.00. The molecule has 6 rings (SSSR count). The zero-order chi connectivity index (χ0) is 30.6. The SMILES string of the molecule is C=C1CC[C@@]2(O)C3Cc4ccc(OCOC(=O)OCCCCCCCCCCCCCC)c5c4[C@@]2(CCN3CC2CC2)[C@H]1O5. The van der Waals surface area contributed by atoms with Gasteiger partial charge in [0.2, 0.25) is 6.79 Å². The number of likely N-dealkylation sites (tertiary alicyclic amines) is 1. The van der Waals surface area contributed by atoms with Crippen molar-refractivity contribution in [2.45, 2.75) is 146 Å². The van der Waals surface area contributed by atoms with Gasteiger partial charge in [-0.15, -0.1) is 0 Å². The van der Waals surface area contributed by atoms with E-state index in [4.69, 9.17) is 18.9 Å². The van der Waals surface area contributed by atoms with Crippen molar-refractivity contribution in [1.29, 1.82) is 0 Å². The topological polar surface area (TPSA) is 77.5 Å². The Morgan fingerprint density at radius 3 is 2.41 bits per heavy atom. The Morgan fingerprint density at radius 2 is 1.70 bits per heavy atom. The molecule has 1 N–H and O–H groups in total. The molecule has 1 saturated heterocycles. The number of unbranched alkanes of at least 4 members (excludes halogenated alkanes) is 11. The molecule has 1 aromatic carbocycles. The monoisotopic (exact) mass is 609 g/mol. The van der Waals surface area contributed by atoms with Crippen LogP contribution in [0.5, 0.6) is 11.5 Å². The highest BCUT2D eigenvalue weighted by Crippen LogP contribution is 2.66. The van der Waals surface area contributed by atoms with Crippen molar-refractivity contribution in [3.05, 3.63) is 35.4 Å². The smallest absolute Gasteiger partial charge is 0.481 e. The number of rotatable bonds is 18. The van der Waals surface area contributed by atoms with Crippen molar-refractivity contribution in [3.63, 3.8) is 0 Å². The molecule has 4 atom stereocenters. The molecule has 2 heterocycles. The first kappa shape index (κ1) is 31.7. The van der Waals surface area contributed by atoms with Crippen LogP contribution in [0, 0.1) is 5.92 Å². The minimum Gasteiger partial charge on any atom is -0.481 e. The van der Waals surface area contributed by atoms with Gasteiger partial charge < -0.3 is 24.1 Å². The number of carbonyl (C=O) groups excluding carboxylic acids is 1. The first-order valence-corrected chi connectivity index (χ1v) is 17.9. The Morgan fingerprint density at radius 1 is 1.00 bits per heavy atom. The lowest BCUT2D eigenvalue weighted by molar-refractivity contribution is -0.174. The summed E-state index contributed by atoms with van der Waals surface area (Å²) >= 11 is 0. The number of aliphatic hydroxyl groups is 1. The number of hydrogen-bond donors (Lipinski definition) is 1. The fourth-order valence-corrected chi connectivity index (χ4v) is 8.78. The average molecular weight is 610 g/mol. The number of piperidine rings is 1. The van der Waals surface area contributed by atoms with Crippen LogP contribution in [0.3, 0.4) is 0 Å². The molecule has 44 heavy (non-hydrogen) atoms. The Balaban J connectivity index is 0.955. The molecule has 3 aliphatic carbocycles. The standard InChI is InChI=1S/C37H55NO6/c1-3-4-5-6-7-8-9-10-11-12-13-14-23-41-35(39)43-26-42-30-18-17-29-24-31-37(40)20-19-27(2)34-36(37,32(29)33(30)44-34)21-22-38(31)25-28-15-16-28/h17-18,28,31,34,40H,2-16,19-26H2,1H3/t31?,34-,36-,37+/m0/s1. The van der Waals surface area contributed by atoms with E-state index >= 15 is 0 Å². The van der Waals surface area contributed by atoms with Gasteiger partial charge in [0, 0.05) is 18.2 Å². The van der Waals surface area contributed by atoms with E-state index in [2.05, 4.69) is 24.5 Å². The lowest BCUT2D eigenvalue weighted by atomic mass is 9.48. The van der Waals surface area contributed by atoms with Gasteiger partial charge in [-0.3, -0.25) is 4.90 Å². The maximum absolute atomic E-state index is 12.5. The van der Waals surface area contributed by atoms with Gasteiger partial charge in [-0.05, 0) is 74.6 Å². The molecule has 0 aromatic heterocycles. The van der Waals surface area contributed by atoms with Crippen molar-refractivity contribution in [1.82, 2.24) is 4.90 Å². The molecule has 3 fully saturated rings. The van der Waals surface area contributed by atoms with Crippen molar-refractivity contribution in [3.8, 4) is 11.5 Å². The second-order valence-electron chi connectivity index (χ2n) is 14.3. The van der Waals surface area contributed by atoms with Crippen molar-refractivity contribution >= 4 is 6.16 Å². The number of benzene rings is 1. The minimum absolute atomic E-state index is 0.101. The molecule has 5 aliphatic rings. The number of ether oxygens (including phenoxy) is 4. The van der Waals surface area contributed by atoms with Gasteiger partial charge in [0.25, 0.3) is 0 Å². The maximum Gasteiger partial charge on any atom is 0.511 e. The lowest BCUT2D eigenvalue weighted by Crippen LogP contribution is -2.75. The summed E-state index contributed by atoms with van der Waals surface area (Å²) in [4.78, 5) is 14.8. The summed E-state index contributed by atoms with van der Waals surface area (Å²) < 4.78 is 23.2. The Hall–Kier alpha value is -2.25. The largest absolute Gasteiger partial charge is 0.511 e. The van der Waals surface area contributed by atoms with Crippen molar-refractivity contribution in [2.24, 2.45) is 5.92 Å². The highest BCUT2D eigenvalue weighted by Gasteiger charge is 2.72. The molecular weight excluding hydrogens is 554 g/mol. The third-order valence-corrected chi connectivity index (χ3v) is 11.3. The highest BCUT2D eigenvalue weighted by molar-refractivity contribution is 5.64. The van der Waals surface area contributed by atoms with Gasteiger partial charge in [-0.25, -0.2) is 4.79 Å². The number of hydrogen-bond acceptors (Lipinski definition) is 7. The quantitative estimate of drug-likeness (QED) is 0.0782. The Kier molecular flexibility index (Phi) is 10.1. The number of carbonyl (C=O) groups is 1. The molecule has 244 valence electrons. The highest BCUT2D eigenvalue weighted by atomic mass is 16.8. The Bertz CT molecular complexity index is 1160. The first-order chi connectivity index (χ1) is 21.5. The molecule has 2 bridgehead atoms. The van der Waals surface area contributed by atoms with Crippen LogP contribution in [0.2, 0.25) is 0 Å². The molecular formula is C37H55NO6. The van der Waals surface area contributed by atoms with E-state index in [0.717, 1.165) is 68.7 Å². The summed E-state index contributed by atoms with van der Waals surface area (Å²) in [6, 6.07) is 4.15. The van der Waals surface area contributed by atoms with Crippen LogP contribution in [-0.2, 0) is 21.3 Å². The number of nitrogens with zero attached hydrogens (tertiary/aromatic N) is 1.